The van der Waals surface area contributed by atoms with Crippen LogP contribution in [0.2, 0.25) is 0 Å². The fourth-order valence-electron chi connectivity index (χ4n) is 3.08. The summed E-state index contributed by atoms with van der Waals surface area (Å²) in [6.45, 7) is 6.51. The molecule has 7 heteroatoms. The molecule has 1 aliphatic rings. The predicted octanol–water partition coefficient (Wildman–Crippen LogP) is 3.00. The number of nitrogens with zero attached hydrogens (tertiary/aromatic N) is 1. The van der Waals surface area contributed by atoms with Crippen molar-refractivity contribution in [3.05, 3.63) is 54.1 Å². The highest BCUT2D eigenvalue weighted by atomic mass is 16.5. The highest BCUT2D eigenvalue weighted by Gasteiger charge is 2.20. The minimum atomic E-state index is -0.195. The molecule has 2 N–H and O–H groups in total. The Morgan fingerprint density at radius 3 is 2.45 bits per heavy atom. The van der Waals surface area contributed by atoms with Crippen molar-refractivity contribution in [3.8, 4) is 5.75 Å². The van der Waals surface area contributed by atoms with E-state index >= 15 is 0 Å². The predicted molar refractivity (Wildman–Crippen MR) is 112 cm³/mol. The molecule has 0 radical (unpaired) electrons. The Hall–Kier alpha value is -3.06. The molecule has 0 aliphatic carbocycles. The van der Waals surface area contributed by atoms with Gasteiger partial charge in [-0.25, -0.2) is 0 Å². The van der Waals surface area contributed by atoms with Crippen LogP contribution < -0.4 is 15.4 Å². The minimum absolute atomic E-state index is 0.0393. The summed E-state index contributed by atoms with van der Waals surface area (Å²) in [7, 11) is 0. The number of hydrogen-bond acceptors (Lipinski definition) is 5. The van der Waals surface area contributed by atoms with E-state index in [4.69, 9.17) is 9.47 Å². The lowest BCUT2D eigenvalue weighted by Crippen LogP contribution is -2.46. The van der Waals surface area contributed by atoms with Crippen LogP contribution in [0.25, 0.3) is 0 Å². The molecular formula is C22H27N3O4. The van der Waals surface area contributed by atoms with Crippen molar-refractivity contribution in [2.75, 3.05) is 43.5 Å². The fraction of sp³-hybridized carbons (Fsp3) is 0.364. The van der Waals surface area contributed by atoms with Gasteiger partial charge < -0.3 is 25.0 Å². The van der Waals surface area contributed by atoms with Crippen LogP contribution in [0.3, 0.4) is 0 Å². The lowest BCUT2D eigenvalue weighted by atomic mass is 10.2. The zero-order valence-corrected chi connectivity index (χ0v) is 16.8. The summed E-state index contributed by atoms with van der Waals surface area (Å²) in [6, 6.07) is 14.3. The monoisotopic (exact) mass is 397 g/mol. The van der Waals surface area contributed by atoms with Crippen molar-refractivity contribution in [3.63, 3.8) is 0 Å². The standard InChI is InChI=1S/C22H27N3O4/c1-3-28-20-10-8-19(9-11-20)24-22(27)17-4-6-18(7-5-17)23-14-21(26)25-12-13-29-16(2)15-25/h4-11,16,23H,3,12-15H2,1-2H3,(H,24,27). The zero-order valence-electron chi connectivity index (χ0n) is 16.8. The van der Waals surface area contributed by atoms with E-state index in [0.717, 1.165) is 11.4 Å². The van der Waals surface area contributed by atoms with Crippen molar-refractivity contribution < 1.29 is 19.1 Å². The van der Waals surface area contributed by atoms with Gasteiger partial charge in [-0.3, -0.25) is 9.59 Å². The average molecular weight is 397 g/mol. The van der Waals surface area contributed by atoms with Gasteiger partial charge in [0.05, 0.1) is 25.9 Å². The van der Waals surface area contributed by atoms with Crippen LogP contribution in [0, 0.1) is 0 Å². The summed E-state index contributed by atoms with van der Waals surface area (Å²) >= 11 is 0. The average Bonchev–Trinajstić information content (AvgIpc) is 2.74. The highest BCUT2D eigenvalue weighted by Crippen LogP contribution is 2.17. The molecule has 1 atom stereocenters. The molecule has 2 aromatic rings. The van der Waals surface area contributed by atoms with Crippen molar-refractivity contribution >= 4 is 23.2 Å². The van der Waals surface area contributed by atoms with E-state index in [-0.39, 0.29) is 24.5 Å². The number of morpholine rings is 1. The number of nitrogens with one attached hydrogen (secondary N) is 2. The molecule has 29 heavy (non-hydrogen) atoms. The van der Waals surface area contributed by atoms with Gasteiger partial charge in [0.2, 0.25) is 5.91 Å². The number of benzene rings is 2. The van der Waals surface area contributed by atoms with Gasteiger partial charge in [-0.2, -0.15) is 0 Å². The SMILES string of the molecule is CCOc1ccc(NC(=O)c2ccc(NCC(=O)N3CCOC(C)C3)cc2)cc1. The summed E-state index contributed by atoms with van der Waals surface area (Å²) in [5.41, 5.74) is 2.03. The van der Waals surface area contributed by atoms with Crippen LogP contribution >= 0.6 is 0 Å². The number of rotatable bonds is 7. The van der Waals surface area contributed by atoms with Crippen LogP contribution in [0.1, 0.15) is 24.2 Å². The third kappa shape index (κ3) is 5.96. The zero-order chi connectivity index (χ0) is 20.6. The van der Waals surface area contributed by atoms with Gasteiger partial charge in [0.1, 0.15) is 5.75 Å². The lowest BCUT2D eigenvalue weighted by Gasteiger charge is -2.31. The van der Waals surface area contributed by atoms with Gasteiger partial charge in [0, 0.05) is 30.0 Å². The Labute approximate surface area is 171 Å². The highest BCUT2D eigenvalue weighted by molar-refractivity contribution is 6.04. The minimum Gasteiger partial charge on any atom is -0.494 e. The molecule has 2 aromatic carbocycles. The maximum absolute atomic E-state index is 12.4. The molecule has 0 spiro atoms. The first kappa shape index (κ1) is 20.7. The Balaban J connectivity index is 1.50. The van der Waals surface area contributed by atoms with Gasteiger partial charge in [0.25, 0.3) is 5.91 Å². The molecule has 7 nitrogen and oxygen atoms in total. The van der Waals surface area contributed by atoms with Crippen molar-refractivity contribution in [2.24, 2.45) is 0 Å². The number of ether oxygens (including phenoxy) is 2. The number of anilines is 2. The van der Waals surface area contributed by atoms with Crippen LogP contribution in [-0.2, 0) is 9.53 Å². The van der Waals surface area contributed by atoms with E-state index < -0.39 is 0 Å². The van der Waals surface area contributed by atoms with Gasteiger partial charge in [-0.1, -0.05) is 0 Å². The maximum Gasteiger partial charge on any atom is 0.255 e. The van der Waals surface area contributed by atoms with Crippen molar-refractivity contribution in [1.29, 1.82) is 0 Å². The first-order valence-corrected chi connectivity index (χ1v) is 9.82. The van der Waals surface area contributed by atoms with Crippen LogP contribution in [0.4, 0.5) is 11.4 Å². The Morgan fingerprint density at radius 1 is 1.10 bits per heavy atom. The molecule has 3 rings (SSSR count). The number of carbonyl (C=O) groups excluding carboxylic acids is 2. The topological polar surface area (TPSA) is 79.9 Å². The molecule has 0 aromatic heterocycles. The van der Waals surface area contributed by atoms with Gasteiger partial charge in [0.15, 0.2) is 0 Å². The van der Waals surface area contributed by atoms with E-state index in [1.807, 2.05) is 26.0 Å². The molecule has 0 bridgehead atoms. The van der Waals surface area contributed by atoms with Gasteiger partial charge in [-0.05, 0) is 62.4 Å². The van der Waals surface area contributed by atoms with Crippen molar-refractivity contribution in [2.45, 2.75) is 20.0 Å². The normalized spacial score (nSPS) is 16.2. The molecular weight excluding hydrogens is 370 g/mol. The van der Waals surface area contributed by atoms with Gasteiger partial charge in [-0.15, -0.1) is 0 Å². The summed E-state index contributed by atoms with van der Waals surface area (Å²) in [4.78, 5) is 26.5. The Morgan fingerprint density at radius 2 is 1.79 bits per heavy atom. The summed E-state index contributed by atoms with van der Waals surface area (Å²) in [5.74, 6) is 0.610. The second-order valence-electron chi connectivity index (χ2n) is 6.86. The molecule has 1 saturated heterocycles. The Kier molecular flexibility index (Phi) is 7.08. The van der Waals surface area contributed by atoms with Crippen molar-refractivity contribution in [1.82, 2.24) is 4.90 Å². The lowest BCUT2D eigenvalue weighted by molar-refractivity contribution is -0.136. The summed E-state index contributed by atoms with van der Waals surface area (Å²) < 4.78 is 10.9. The Bertz CT molecular complexity index is 821. The third-order valence-corrected chi connectivity index (χ3v) is 4.61. The summed E-state index contributed by atoms with van der Waals surface area (Å²) in [6.07, 6.45) is 0.0702. The fourth-order valence-corrected chi connectivity index (χ4v) is 3.08. The van der Waals surface area contributed by atoms with Gasteiger partial charge >= 0.3 is 0 Å². The molecule has 1 unspecified atom stereocenters. The number of carbonyl (C=O) groups is 2. The quantitative estimate of drug-likeness (QED) is 0.751. The molecule has 0 saturated carbocycles. The van der Waals surface area contributed by atoms with E-state index in [1.165, 1.54) is 0 Å². The maximum atomic E-state index is 12.4. The molecule has 1 aliphatic heterocycles. The second kappa shape index (κ2) is 9.93. The third-order valence-electron chi connectivity index (χ3n) is 4.61. The number of hydrogen-bond donors (Lipinski definition) is 2. The number of amides is 2. The largest absolute Gasteiger partial charge is 0.494 e. The van der Waals surface area contributed by atoms with E-state index in [2.05, 4.69) is 10.6 Å². The smallest absolute Gasteiger partial charge is 0.255 e. The molecule has 1 heterocycles. The molecule has 1 fully saturated rings. The summed E-state index contributed by atoms with van der Waals surface area (Å²) in [5, 5.41) is 5.97. The van der Waals surface area contributed by atoms with E-state index in [0.29, 0.717) is 37.6 Å². The van der Waals surface area contributed by atoms with Crippen LogP contribution in [-0.4, -0.2) is 55.7 Å². The molecule has 154 valence electrons. The first-order chi connectivity index (χ1) is 14.0. The second-order valence-corrected chi connectivity index (χ2v) is 6.86. The van der Waals surface area contributed by atoms with E-state index in [9.17, 15) is 9.59 Å². The van der Waals surface area contributed by atoms with Crippen LogP contribution in [0.5, 0.6) is 5.75 Å². The van der Waals surface area contributed by atoms with Crippen LogP contribution in [0.15, 0.2) is 48.5 Å². The molecule has 2 amide bonds. The first-order valence-electron chi connectivity index (χ1n) is 9.82. The van der Waals surface area contributed by atoms with E-state index in [1.54, 1.807) is 41.3 Å².